The molecule has 0 saturated carbocycles. The molecule has 0 unspecified atom stereocenters. The Morgan fingerprint density at radius 2 is 1.80 bits per heavy atom. The van der Waals surface area contributed by atoms with Crippen molar-refractivity contribution in [2.45, 2.75) is 13.8 Å². The fraction of sp³-hybridized carbons (Fsp3) is 0.214. The minimum absolute atomic E-state index is 1.01. The van der Waals surface area contributed by atoms with Gasteiger partial charge in [0.2, 0.25) is 0 Å². The highest BCUT2D eigenvalue weighted by molar-refractivity contribution is 6.08. The van der Waals surface area contributed by atoms with Crippen molar-refractivity contribution in [1.29, 1.82) is 0 Å². The molecule has 0 aliphatic heterocycles. The average molecular weight is 199 g/mol. The van der Waals surface area contributed by atoms with Gasteiger partial charge in [-0.05, 0) is 25.5 Å². The third kappa shape index (κ3) is 3.55. The molecule has 0 aliphatic rings. The molecule has 0 atom stereocenters. The largest absolute Gasteiger partial charge is 0.288 e. The Bertz CT molecular complexity index is 383. The van der Waals surface area contributed by atoms with E-state index in [1.54, 1.807) is 0 Å². The summed E-state index contributed by atoms with van der Waals surface area (Å²) in [6, 6.07) is 10.2. The minimum Gasteiger partial charge on any atom is -0.288 e. The highest BCUT2D eigenvalue weighted by Gasteiger charge is 1.95. The number of hydrogen-bond acceptors (Lipinski definition) is 1. The minimum atomic E-state index is 1.01. The highest BCUT2D eigenvalue weighted by atomic mass is 14.7. The fourth-order valence-electron chi connectivity index (χ4n) is 1.22. The maximum absolute atomic E-state index is 4.27. The van der Waals surface area contributed by atoms with Gasteiger partial charge in [0, 0.05) is 7.05 Å². The Morgan fingerprint density at radius 1 is 1.13 bits per heavy atom. The topological polar surface area (TPSA) is 12.4 Å². The SMILES string of the molecule is C/C=C(C)\C=C/C(=NC)c1ccccc1. The predicted molar refractivity (Wildman–Crippen MR) is 67.5 cm³/mol. The standard InChI is InChI=1S/C14H17N/c1-4-12(2)10-11-14(15-3)13-8-6-5-7-9-13/h4-11H,1-3H3/b11-10-,12-4-,15-14?. The molecule has 0 bridgehead atoms. The first-order chi connectivity index (χ1) is 7.27. The zero-order chi connectivity index (χ0) is 11.1. The molecule has 0 aliphatic carbocycles. The summed E-state index contributed by atoms with van der Waals surface area (Å²) in [5.74, 6) is 0. The van der Waals surface area contributed by atoms with Crippen LogP contribution in [-0.2, 0) is 0 Å². The first-order valence-electron chi connectivity index (χ1n) is 5.11. The summed E-state index contributed by atoms with van der Waals surface area (Å²) in [4.78, 5) is 4.27. The summed E-state index contributed by atoms with van der Waals surface area (Å²) in [5.41, 5.74) is 3.41. The average Bonchev–Trinajstić information content (AvgIpc) is 2.31. The second-order valence-corrected chi connectivity index (χ2v) is 3.34. The molecule has 1 aromatic rings. The van der Waals surface area contributed by atoms with Gasteiger partial charge in [-0.1, -0.05) is 48.1 Å². The summed E-state index contributed by atoms with van der Waals surface area (Å²) in [6.45, 7) is 4.11. The van der Waals surface area contributed by atoms with Gasteiger partial charge >= 0.3 is 0 Å². The Balaban J connectivity index is 2.89. The van der Waals surface area contributed by atoms with E-state index in [9.17, 15) is 0 Å². The molecule has 0 radical (unpaired) electrons. The van der Waals surface area contributed by atoms with Crippen molar-refractivity contribution in [3.63, 3.8) is 0 Å². The van der Waals surface area contributed by atoms with E-state index in [0.29, 0.717) is 0 Å². The molecule has 0 heterocycles. The quantitative estimate of drug-likeness (QED) is 0.520. The van der Waals surface area contributed by atoms with Gasteiger partial charge in [0.05, 0.1) is 5.71 Å². The van der Waals surface area contributed by atoms with Gasteiger partial charge < -0.3 is 0 Å². The van der Waals surface area contributed by atoms with Crippen LogP contribution >= 0.6 is 0 Å². The molecule has 1 rings (SSSR count). The van der Waals surface area contributed by atoms with E-state index in [4.69, 9.17) is 0 Å². The molecule has 15 heavy (non-hydrogen) atoms. The van der Waals surface area contributed by atoms with Crippen LogP contribution in [0, 0.1) is 0 Å². The van der Waals surface area contributed by atoms with Crippen LogP contribution in [0.3, 0.4) is 0 Å². The van der Waals surface area contributed by atoms with E-state index in [1.807, 2.05) is 38.2 Å². The van der Waals surface area contributed by atoms with Crippen LogP contribution < -0.4 is 0 Å². The lowest BCUT2D eigenvalue weighted by Gasteiger charge is -1.99. The van der Waals surface area contributed by atoms with Crippen molar-refractivity contribution in [1.82, 2.24) is 0 Å². The maximum atomic E-state index is 4.27. The van der Waals surface area contributed by atoms with Crippen LogP contribution in [0.1, 0.15) is 19.4 Å². The van der Waals surface area contributed by atoms with Crippen molar-refractivity contribution in [2.75, 3.05) is 7.05 Å². The molecular weight excluding hydrogens is 182 g/mol. The second kappa shape index (κ2) is 5.97. The molecule has 0 fully saturated rings. The number of allylic oxidation sites excluding steroid dienone is 4. The van der Waals surface area contributed by atoms with Crippen LogP contribution in [0.25, 0.3) is 0 Å². The summed E-state index contributed by atoms with van der Waals surface area (Å²) in [5, 5.41) is 0. The van der Waals surface area contributed by atoms with Gasteiger partial charge in [0.25, 0.3) is 0 Å². The lowest BCUT2D eigenvalue weighted by molar-refractivity contribution is 1.42. The third-order valence-electron chi connectivity index (χ3n) is 2.27. The maximum Gasteiger partial charge on any atom is 0.0643 e. The zero-order valence-corrected chi connectivity index (χ0v) is 9.57. The Kier molecular flexibility index (Phi) is 4.55. The number of rotatable bonds is 3. The number of nitrogens with zero attached hydrogens (tertiary/aromatic N) is 1. The molecule has 0 amide bonds. The Labute approximate surface area is 91.9 Å². The molecule has 1 nitrogen and oxygen atoms in total. The molecule has 1 heteroatoms. The molecule has 0 N–H and O–H groups in total. The van der Waals surface area contributed by atoms with Crippen molar-refractivity contribution in [2.24, 2.45) is 4.99 Å². The van der Waals surface area contributed by atoms with Crippen molar-refractivity contribution >= 4 is 5.71 Å². The fourth-order valence-corrected chi connectivity index (χ4v) is 1.22. The van der Waals surface area contributed by atoms with Crippen LogP contribution in [0.5, 0.6) is 0 Å². The zero-order valence-electron chi connectivity index (χ0n) is 9.57. The number of hydrogen-bond donors (Lipinski definition) is 0. The first-order valence-corrected chi connectivity index (χ1v) is 5.11. The van der Waals surface area contributed by atoms with Crippen LogP contribution in [0.4, 0.5) is 0 Å². The van der Waals surface area contributed by atoms with Gasteiger partial charge in [-0.15, -0.1) is 0 Å². The van der Waals surface area contributed by atoms with Crippen molar-refractivity contribution in [3.8, 4) is 0 Å². The van der Waals surface area contributed by atoms with Gasteiger partial charge in [-0.2, -0.15) is 0 Å². The van der Waals surface area contributed by atoms with Crippen molar-refractivity contribution < 1.29 is 0 Å². The van der Waals surface area contributed by atoms with Gasteiger partial charge in [0.15, 0.2) is 0 Å². The molecule has 1 aromatic carbocycles. The number of benzene rings is 1. The number of aliphatic imine (C=N–C) groups is 1. The van der Waals surface area contributed by atoms with Crippen LogP contribution in [0.2, 0.25) is 0 Å². The molecular formula is C14H17N. The van der Waals surface area contributed by atoms with Gasteiger partial charge in [0.1, 0.15) is 0 Å². The summed E-state index contributed by atoms with van der Waals surface area (Å²) in [6.07, 6.45) is 6.20. The summed E-state index contributed by atoms with van der Waals surface area (Å²) >= 11 is 0. The van der Waals surface area contributed by atoms with Gasteiger partial charge in [-0.25, -0.2) is 0 Å². The van der Waals surface area contributed by atoms with E-state index in [1.165, 1.54) is 5.57 Å². The Morgan fingerprint density at radius 3 is 2.33 bits per heavy atom. The Hall–Kier alpha value is -1.63. The lowest BCUT2D eigenvalue weighted by Crippen LogP contribution is -1.95. The lowest BCUT2D eigenvalue weighted by atomic mass is 10.1. The monoisotopic (exact) mass is 199 g/mol. The van der Waals surface area contributed by atoms with E-state index < -0.39 is 0 Å². The molecule has 0 saturated heterocycles. The van der Waals surface area contributed by atoms with Crippen molar-refractivity contribution in [3.05, 3.63) is 59.7 Å². The highest BCUT2D eigenvalue weighted by Crippen LogP contribution is 2.04. The predicted octanol–water partition coefficient (Wildman–Crippen LogP) is 3.63. The smallest absolute Gasteiger partial charge is 0.0643 e. The molecule has 0 aromatic heterocycles. The van der Waals surface area contributed by atoms with Crippen LogP contribution in [0.15, 0.2) is 59.1 Å². The normalized spacial score (nSPS) is 13.5. The summed E-state index contributed by atoms with van der Waals surface area (Å²) in [7, 11) is 1.82. The molecule has 0 spiro atoms. The van der Waals surface area contributed by atoms with E-state index in [-0.39, 0.29) is 0 Å². The third-order valence-corrected chi connectivity index (χ3v) is 2.27. The second-order valence-electron chi connectivity index (χ2n) is 3.34. The van der Waals surface area contributed by atoms with E-state index in [2.05, 4.69) is 36.2 Å². The molecule has 78 valence electrons. The van der Waals surface area contributed by atoms with E-state index in [0.717, 1.165) is 11.3 Å². The van der Waals surface area contributed by atoms with Crippen LogP contribution in [-0.4, -0.2) is 12.8 Å². The first kappa shape index (κ1) is 11.4. The van der Waals surface area contributed by atoms with E-state index >= 15 is 0 Å². The van der Waals surface area contributed by atoms with Gasteiger partial charge in [-0.3, -0.25) is 4.99 Å². The summed E-state index contributed by atoms with van der Waals surface area (Å²) < 4.78 is 0.